The number of rotatable bonds is 13. The molecule has 0 aliphatic carbocycles. The molecule has 99 heavy (non-hydrogen) atoms. The van der Waals surface area contributed by atoms with Crippen LogP contribution in [0.3, 0.4) is 0 Å². The molecule has 20 nitrogen and oxygen atoms in total. The summed E-state index contributed by atoms with van der Waals surface area (Å²) >= 11 is 11.7. The van der Waals surface area contributed by atoms with Crippen molar-refractivity contribution in [3.8, 4) is 0 Å². The van der Waals surface area contributed by atoms with Crippen molar-refractivity contribution in [1.29, 1.82) is 0 Å². The number of hydrogen-bond acceptors (Lipinski definition) is 10. The summed E-state index contributed by atoms with van der Waals surface area (Å²) in [5, 5.41) is 46.1. The molecule has 0 amide bonds. The Morgan fingerprint density at radius 2 is 0.879 bits per heavy atom. The van der Waals surface area contributed by atoms with Crippen molar-refractivity contribution in [2.24, 2.45) is 42.3 Å². The third-order valence-electron chi connectivity index (χ3n) is 15.9. The minimum absolute atomic E-state index is 0.411. The molecule has 1 N–H and O–H groups in total. The summed E-state index contributed by atoms with van der Waals surface area (Å²) < 4.78 is 17.2. The Morgan fingerprint density at radius 3 is 1.12 bits per heavy atom. The molecule has 0 aromatic carbocycles. The fourth-order valence-electron chi connectivity index (χ4n) is 10.8. The van der Waals surface area contributed by atoms with Crippen molar-refractivity contribution < 1.29 is 0 Å². The number of aromatic nitrogens is 20. The molecule has 0 saturated carbocycles. The fourth-order valence-corrected chi connectivity index (χ4v) is 11.6. The first-order chi connectivity index (χ1) is 46.1. The van der Waals surface area contributed by atoms with Gasteiger partial charge in [-0.1, -0.05) is 162 Å². The van der Waals surface area contributed by atoms with Crippen molar-refractivity contribution in [3.05, 3.63) is 175 Å². The third kappa shape index (κ3) is 31.0. The molecule has 0 atom stereocenters. The van der Waals surface area contributed by atoms with E-state index in [0.29, 0.717) is 59.2 Å². The minimum atomic E-state index is 0.411. The smallest absolute Gasteiger partial charge is 0.0836 e. The van der Waals surface area contributed by atoms with Gasteiger partial charge in [-0.15, -0.1) is 0 Å². The van der Waals surface area contributed by atoms with Crippen LogP contribution in [0.5, 0.6) is 0 Å². The monoisotopic (exact) mass is 1410 g/mol. The molecule has 10 heterocycles. The van der Waals surface area contributed by atoms with E-state index < -0.39 is 0 Å². The molecule has 0 unspecified atom stereocenters. The van der Waals surface area contributed by atoms with Gasteiger partial charge in [0.2, 0.25) is 0 Å². The predicted molar refractivity (Wildman–Crippen MR) is 416 cm³/mol. The zero-order chi connectivity index (χ0) is 75.9. The molecule has 10 aromatic heterocycles. The number of aryl methyl sites for hydroxylation is 14. The third-order valence-corrected chi connectivity index (χ3v) is 16.5. The van der Waals surface area contributed by atoms with E-state index in [4.69, 9.17) is 23.2 Å². The molecule has 0 spiro atoms. The molecule has 22 heteroatoms. The SMILES string of the molecule is CC(C)c1c(Cl)cnn1C.CC(C)c1ccn[nH]1.CC(C)c1ccnn1C.CC(C)c1nn(C)cc1Cl.CCn1cc(C(C)C)c(C)n1.CCn1cc(C)c(C(C)C)n1.CCn1nccc1C(C)C.Cc1cc(C(C)C)n(C)n1.Cc1cnn(C)c1C(C)C.Cc1nn(C)cc1C(C)C. The lowest BCUT2D eigenvalue weighted by atomic mass is 10.1. The minimum Gasteiger partial charge on any atom is -0.282 e. The highest BCUT2D eigenvalue weighted by atomic mass is 35.5. The topological polar surface area (TPSA) is 189 Å². The molecule has 0 aliphatic heterocycles. The molecule has 0 saturated heterocycles. The average molecular weight is 1410 g/mol. The first-order valence-electron chi connectivity index (χ1n) is 35.6. The van der Waals surface area contributed by atoms with Crippen molar-refractivity contribution in [3.63, 3.8) is 0 Å². The first kappa shape index (κ1) is 89.7. The number of aromatic amines is 1. The lowest BCUT2D eigenvalue weighted by Crippen LogP contribution is -2.03. The van der Waals surface area contributed by atoms with Crippen LogP contribution >= 0.6 is 23.2 Å². The van der Waals surface area contributed by atoms with Gasteiger partial charge in [0.05, 0.1) is 56.6 Å². The second-order valence-corrected chi connectivity index (χ2v) is 29.0. The largest absolute Gasteiger partial charge is 0.282 e. The Bertz CT molecular complexity index is 3480. The molecular formula is C77H132Cl2N20. The predicted octanol–water partition coefficient (Wildman–Crippen LogP) is 19.7. The highest BCUT2D eigenvalue weighted by molar-refractivity contribution is 6.31. The number of hydrogen-bond donors (Lipinski definition) is 1. The van der Waals surface area contributed by atoms with E-state index >= 15 is 0 Å². The van der Waals surface area contributed by atoms with E-state index in [1.165, 1.54) is 62.1 Å². The maximum absolute atomic E-state index is 5.86. The van der Waals surface area contributed by atoms with Crippen LogP contribution in [-0.4, -0.2) is 98.2 Å². The molecule has 0 bridgehead atoms. The van der Waals surface area contributed by atoms with Crippen LogP contribution < -0.4 is 0 Å². The summed E-state index contributed by atoms with van der Waals surface area (Å²) in [5.74, 6) is 5.47. The summed E-state index contributed by atoms with van der Waals surface area (Å²) in [6.07, 6.45) is 17.2. The normalized spacial score (nSPS) is 10.8. The van der Waals surface area contributed by atoms with Crippen molar-refractivity contribution in [2.45, 2.75) is 273 Å². The van der Waals surface area contributed by atoms with Gasteiger partial charge >= 0.3 is 0 Å². The van der Waals surface area contributed by atoms with E-state index in [-0.39, 0.29) is 0 Å². The summed E-state index contributed by atoms with van der Waals surface area (Å²) in [5.41, 5.74) is 18.5. The van der Waals surface area contributed by atoms with Crippen molar-refractivity contribution in [1.82, 2.24) is 98.2 Å². The zero-order valence-electron chi connectivity index (χ0n) is 67.7. The zero-order valence-corrected chi connectivity index (χ0v) is 69.2. The Labute approximate surface area is 608 Å². The lowest BCUT2D eigenvalue weighted by molar-refractivity contribution is 0.598. The maximum Gasteiger partial charge on any atom is 0.0836 e. The molecule has 0 aliphatic rings. The molecule has 10 rings (SSSR count). The highest BCUT2D eigenvalue weighted by Gasteiger charge is 2.13. The van der Waals surface area contributed by atoms with Gasteiger partial charge in [0.15, 0.2) is 0 Å². The van der Waals surface area contributed by atoms with Gasteiger partial charge in [0.25, 0.3) is 0 Å². The maximum atomic E-state index is 5.86. The van der Waals surface area contributed by atoms with Gasteiger partial charge in [0, 0.05) is 134 Å². The van der Waals surface area contributed by atoms with Gasteiger partial charge in [-0.05, 0) is 161 Å². The quantitative estimate of drug-likeness (QED) is 0.116. The standard InChI is InChI=1S/2C9H16N2.4C8H14N2.2C7H11ClN2.C7H12N2.C6H10N2/c1-5-11-6-9(7(2)3)8(4)10-11;1-5-11-6-8(4)9(10-11)7(2)3;1-6(2)8-5-10(4)9-7(8)3;1-6(2)8-7(3)5-9-10(8)4;1-6(2)8-5-7(3)9-10(8)4;1-4-10-8(7(2)3)5-6-9-10;1-5(2)7-6(8)4-10(3)9-7;1-5(2)7-6(8)4-9-10(7)3;1-6(2)7-4-5-8-9(7)3;1-5(2)6-3-4-7-8-6/h2*6-7H,5H2,1-4H3;3*5-6H,1-4H3;5-7H,4H2,1-3H3;2*4-5H,1-3H3;4-6H,1-3H3;3-5H,1-2H3,(H,7,8). The molecule has 0 radical (unpaired) electrons. The van der Waals surface area contributed by atoms with E-state index in [9.17, 15) is 0 Å². The Morgan fingerprint density at radius 1 is 0.384 bits per heavy atom. The Balaban J connectivity index is 0.000000550. The Kier molecular flexibility index (Phi) is 40.5. The molecule has 554 valence electrons. The Hall–Kier alpha value is -7.32. The summed E-state index contributed by atoms with van der Waals surface area (Å²) in [6.45, 7) is 62.7. The highest BCUT2D eigenvalue weighted by Crippen LogP contribution is 2.24. The summed E-state index contributed by atoms with van der Waals surface area (Å²) in [7, 11) is 11.7. The van der Waals surface area contributed by atoms with E-state index in [0.717, 1.165) is 52.5 Å². The fraction of sp³-hybridized carbons (Fsp3) is 0.610. The second-order valence-electron chi connectivity index (χ2n) is 28.1. The number of nitrogens with zero attached hydrogens (tertiary/aromatic N) is 19. The number of nitrogens with one attached hydrogen (secondary N) is 1. The van der Waals surface area contributed by atoms with Gasteiger partial charge in [-0.25, -0.2) is 0 Å². The lowest BCUT2D eigenvalue weighted by Gasteiger charge is -2.06. The van der Waals surface area contributed by atoms with Crippen LogP contribution in [0.15, 0.2) is 80.0 Å². The summed E-state index contributed by atoms with van der Waals surface area (Å²) in [6, 6.07) is 8.24. The number of H-pyrrole nitrogens is 1. The van der Waals surface area contributed by atoms with Crippen LogP contribution in [0.1, 0.15) is 303 Å². The van der Waals surface area contributed by atoms with Crippen LogP contribution in [0.2, 0.25) is 10.0 Å². The van der Waals surface area contributed by atoms with Crippen LogP contribution in [0.4, 0.5) is 0 Å². The second kappa shape index (κ2) is 44.7. The van der Waals surface area contributed by atoms with E-state index in [1.54, 1.807) is 17.1 Å². The van der Waals surface area contributed by atoms with Gasteiger partial charge < -0.3 is 0 Å². The van der Waals surface area contributed by atoms with Crippen LogP contribution in [0, 0.1) is 34.6 Å². The van der Waals surface area contributed by atoms with Crippen molar-refractivity contribution >= 4 is 23.2 Å². The van der Waals surface area contributed by atoms with Crippen LogP contribution in [0.25, 0.3) is 0 Å². The molecule has 0 fully saturated rings. The average Bonchev–Trinajstić information content (AvgIpc) is 1.96. The first-order valence-corrected chi connectivity index (χ1v) is 36.3. The van der Waals surface area contributed by atoms with Gasteiger partial charge in [-0.3, -0.25) is 47.2 Å². The van der Waals surface area contributed by atoms with E-state index in [1.807, 2.05) is 124 Å². The summed E-state index contributed by atoms with van der Waals surface area (Å²) in [4.78, 5) is 0. The number of halogens is 2. The molecule has 10 aromatic rings. The van der Waals surface area contributed by atoms with Crippen molar-refractivity contribution in [2.75, 3.05) is 0 Å². The van der Waals surface area contributed by atoms with Gasteiger partial charge in [-0.2, -0.15) is 51.0 Å². The van der Waals surface area contributed by atoms with Gasteiger partial charge in [0.1, 0.15) is 0 Å². The van der Waals surface area contributed by atoms with Crippen LogP contribution in [-0.2, 0) is 61.9 Å². The van der Waals surface area contributed by atoms with E-state index in [2.05, 4.69) is 274 Å². The molecular weight excluding hydrogens is 1280 g/mol.